The molecule has 1 aromatic rings. The lowest BCUT2D eigenvalue weighted by Gasteiger charge is -2.32. The lowest BCUT2D eigenvalue weighted by atomic mass is 9.94. The van der Waals surface area contributed by atoms with Gasteiger partial charge in [0.05, 0.1) is 12.7 Å². The number of ether oxygens (including phenoxy) is 1. The molecule has 5 heteroatoms. The van der Waals surface area contributed by atoms with Crippen LogP contribution in [0.5, 0.6) is 0 Å². The second-order valence-electron chi connectivity index (χ2n) is 6.52. The van der Waals surface area contributed by atoms with Gasteiger partial charge in [-0.3, -0.25) is 0 Å². The minimum absolute atomic E-state index is 0.211. The Hall–Kier alpha value is -0.910. The highest BCUT2D eigenvalue weighted by Crippen LogP contribution is 2.34. The molecule has 0 amide bonds. The van der Waals surface area contributed by atoms with Gasteiger partial charge in [0, 0.05) is 36.4 Å². The number of hydrogen-bond donors (Lipinski definition) is 0. The van der Waals surface area contributed by atoms with Gasteiger partial charge in [-0.1, -0.05) is 6.92 Å². The maximum Gasteiger partial charge on any atom is 0.338 e. The van der Waals surface area contributed by atoms with Crippen LogP contribution in [0, 0.1) is 6.92 Å². The van der Waals surface area contributed by atoms with E-state index in [1.54, 1.807) is 11.3 Å². The molecule has 130 valence electrons. The first-order chi connectivity index (χ1) is 11.1. The normalized spacial score (nSPS) is 18.1. The van der Waals surface area contributed by atoms with Crippen molar-refractivity contribution in [3.05, 3.63) is 21.4 Å². The van der Waals surface area contributed by atoms with Gasteiger partial charge in [0.1, 0.15) is 0 Å². The molecule has 2 heterocycles. The molecular weight excluding hydrogens is 308 g/mol. The van der Waals surface area contributed by atoms with E-state index in [0.717, 1.165) is 17.5 Å². The predicted octanol–water partition coefficient (Wildman–Crippen LogP) is 3.36. The third-order valence-corrected chi connectivity index (χ3v) is 6.22. The zero-order valence-electron chi connectivity index (χ0n) is 14.9. The summed E-state index contributed by atoms with van der Waals surface area (Å²) in [6.07, 6.45) is 3.56. The molecule has 4 nitrogen and oxygen atoms in total. The monoisotopic (exact) mass is 338 g/mol. The van der Waals surface area contributed by atoms with Crippen LogP contribution in [0.2, 0.25) is 0 Å². The average Bonchev–Trinajstić information content (AvgIpc) is 2.94. The summed E-state index contributed by atoms with van der Waals surface area (Å²) in [5, 5.41) is 1.96. The van der Waals surface area contributed by atoms with Crippen molar-refractivity contribution in [1.29, 1.82) is 0 Å². The first kappa shape index (κ1) is 18.4. The Kier molecular flexibility index (Phi) is 7.06. The molecule has 1 unspecified atom stereocenters. The molecule has 0 saturated carbocycles. The highest BCUT2D eigenvalue weighted by molar-refractivity contribution is 7.10. The van der Waals surface area contributed by atoms with Crippen molar-refractivity contribution >= 4 is 17.3 Å². The van der Waals surface area contributed by atoms with E-state index < -0.39 is 0 Å². The van der Waals surface area contributed by atoms with Gasteiger partial charge < -0.3 is 14.5 Å². The Morgan fingerprint density at radius 3 is 2.65 bits per heavy atom. The molecule has 1 aliphatic rings. The fourth-order valence-electron chi connectivity index (χ4n) is 3.30. The number of nitrogens with zero attached hydrogens (tertiary/aromatic N) is 2. The molecule has 1 fully saturated rings. The van der Waals surface area contributed by atoms with E-state index in [4.69, 9.17) is 4.74 Å². The van der Waals surface area contributed by atoms with Crippen molar-refractivity contribution < 1.29 is 9.53 Å². The SMILES string of the molecule is CCC(CCCN1CCN(C)CC1)c1scc(C(=O)OC)c1C. The van der Waals surface area contributed by atoms with Crippen molar-refractivity contribution in [2.24, 2.45) is 0 Å². The van der Waals surface area contributed by atoms with Gasteiger partial charge in [-0.15, -0.1) is 11.3 Å². The molecular formula is C18H30N2O2S. The van der Waals surface area contributed by atoms with Crippen LogP contribution >= 0.6 is 11.3 Å². The zero-order valence-corrected chi connectivity index (χ0v) is 15.7. The summed E-state index contributed by atoms with van der Waals surface area (Å²) in [4.78, 5) is 18.1. The first-order valence-electron chi connectivity index (χ1n) is 8.64. The number of piperazine rings is 1. The summed E-state index contributed by atoms with van der Waals surface area (Å²) in [5.74, 6) is 0.350. The van der Waals surface area contributed by atoms with Gasteiger partial charge in [-0.05, 0) is 51.3 Å². The van der Waals surface area contributed by atoms with Gasteiger partial charge in [0.2, 0.25) is 0 Å². The molecule has 1 aliphatic heterocycles. The molecule has 0 bridgehead atoms. The summed E-state index contributed by atoms with van der Waals surface area (Å²) in [7, 11) is 3.65. The summed E-state index contributed by atoms with van der Waals surface area (Å²) in [6.45, 7) is 10.3. The first-order valence-corrected chi connectivity index (χ1v) is 9.52. The summed E-state index contributed by atoms with van der Waals surface area (Å²) in [6, 6.07) is 0. The second kappa shape index (κ2) is 8.81. The minimum atomic E-state index is -0.211. The van der Waals surface area contributed by atoms with Gasteiger partial charge in [-0.25, -0.2) is 4.79 Å². The Morgan fingerprint density at radius 2 is 2.04 bits per heavy atom. The molecule has 0 aromatic carbocycles. The number of rotatable bonds is 7. The molecule has 1 aromatic heterocycles. The fraction of sp³-hybridized carbons (Fsp3) is 0.722. The number of thiophene rings is 1. The van der Waals surface area contributed by atoms with Crippen molar-refractivity contribution in [3.63, 3.8) is 0 Å². The van der Waals surface area contributed by atoms with E-state index >= 15 is 0 Å². The highest BCUT2D eigenvalue weighted by atomic mass is 32.1. The van der Waals surface area contributed by atoms with Crippen LogP contribution in [-0.2, 0) is 4.74 Å². The van der Waals surface area contributed by atoms with Crippen molar-refractivity contribution in [2.45, 2.75) is 39.0 Å². The molecule has 1 saturated heterocycles. The Bertz CT molecular complexity index is 507. The summed E-state index contributed by atoms with van der Waals surface area (Å²) < 4.78 is 4.87. The number of esters is 1. The third kappa shape index (κ3) is 4.78. The Labute approximate surface area is 144 Å². The number of hydrogen-bond acceptors (Lipinski definition) is 5. The number of carbonyl (C=O) groups excluding carboxylic acids is 1. The largest absolute Gasteiger partial charge is 0.465 e. The lowest BCUT2D eigenvalue weighted by molar-refractivity contribution is 0.0600. The summed E-state index contributed by atoms with van der Waals surface area (Å²) >= 11 is 1.72. The van der Waals surface area contributed by atoms with Crippen LogP contribution in [0.15, 0.2) is 5.38 Å². The van der Waals surface area contributed by atoms with Crippen LogP contribution < -0.4 is 0 Å². The minimum Gasteiger partial charge on any atom is -0.465 e. The van der Waals surface area contributed by atoms with Gasteiger partial charge in [0.25, 0.3) is 0 Å². The van der Waals surface area contributed by atoms with Gasteiger partial charge in [0.15, 0.2) is 0 Å². The molecule has 1 atom stereocenters. The average molecular weight is 339 g/mol. The molecule has 0 radical (unpaired) electrons. The molecule has 2 rings (SSSR count). The maximum atomic E-state index is 11.8. The number of likely N-dealkylation sites (N-methyl/N-ethyl adjacent to an activating group) is 1. The van der Waals surface area contributed by atoms with E-state index in [9.17, 15) is 4.79 Å². The summed E-state index contributed by atoms with van der Waals surface area (Å²) in [5.41, 5.74) is 1.86. The zero-order chi connectivity index (χ0) is 16.8. The number of carbonyl (C=O) groups is 1. The topological polar surface area (TPSA) is 32.8 Å². The van der Waals surface area contributed by atoms with E-state index in [1.807, 2.05) is 5.38 Å². The maximum absolute atomic E-state index is 11.8. The van der Waals surface area contributed by atoms with Crippen LogP contribution in [-0.4, -0.2) is 62.7 Å². The van der Waals surface area contributed by atoms with Crippen LogP contribution in [0.25, 0.3) is 0 Å². The van der Waals surface area contributed by atoms with Crippen LogP contribution in [0.4, 0.5) is 0 Å². The molecule has 0 spiro atoms. The van der Waals surface area contributed by atoms with E-state index in [0.29, 0.717) is 5.92 Å². The smallest absolute Gasteiger partial charge is 0.338 e. The van der Waals surface area contributed by atoms with E-state index in [1.165, 1.54) is 57.6 Å². The van der Waals surface area contributed by atoms with Gasteiger partial charge in [-0.2, -0.15) is 0 Å². The number of methoxy groups -OCH3 is 1. The van der Waals surface area contributed by atoms with Crippen LogP contribution in [0.3, 0.4) is 0 Å². The second-order valence-corrected chi connectivity index (χ2v) is 7.43. The van der Waals surface area contributed by atoms with Crippen LogP contribution in [0.1, 0.15) is 52.9 Å². The molecule has 0 N–H and O–H groups in total. The molecule has 0 aliphatic carbocycles. The van der Waals surface area contributed by atoms with Gasteiger partial charge >= 0.3 is 5.97 Å². The van der Waals surface area contributed by atoms with E-state index in [-0.39, 0.29) is 5.97 Å². The quantitative estimate of drug-likeness (QED) is 0.714. The van der Waals surface area contributed by atoms with Crippen molar-refractivity contribution in [1.82, 2.24) is 9.80 Å². The third-order valence-electron chi connectivity index (χ3n) is 4.97. The lowest BCUT2D eigenvalue weighted by Crippen LogP contribution is -2.44. The Balaban J connectivity index is 1.88. The molecule has 23 heavy (non-hydrogen) atoms. The van der Waals surface area contributed by atoms with E-state index in [2.05, 4.69) is 30.7 Å². The van der Waals surface area contributed by atoms with Crippen molar-refractivity contribution in [2.75, 3.05) is 46.9 Å². The standard InChI is InChI=1S/C18H30N2O2S/c1-5-15(7-6-8-20-11-9-19(3)10-12-20)17-14(2)16(13-23-17)18(21)22-4/h13,15H,5-12H2,1-4H3. The fourth-order valence-corrected chi connectivity index (χ4v) is 4.58. The highest BCUT2D eigenvalue weighted by Gasteiger charge is 2.21. The van der Waals surface area contributed by atoms with Crippen molar-refractivity contribution in [3.8, 4) is 0 Å². The predicted molar refractivity (Wildman–Crippen MR) is 96.6 cm³/mol. The Morgan fingerprint density at radius 1 is 1.35 bits per heavy atom.